The number of halogens is 1. The molecule has 0 saturated carbocycles. The molecule has 0 saturated heterocycles. The van der Waals surface area contributed by atoms with Gasteiger partial charge in [-0.2, -0.15) is 5.10 Å². The lowest BCUT2D eigenvalue weighted by Crippen LogP contribution is -2.34. The molecule has 1 N–H and O–H groups in total. The van der Waals surface area contributed by atoms with E-state index >= 15 is 0 Å². The summed E-state index contributed by atoms with van der Waals surface area (Å²) in [7, 11) is 0. The van der Waals surface area contributed by atoms with Crippen molar-refractivity contribution in [2.75, 3.05) is 19.6 Å². The molecule has 2 aromatic carbocycles. The maximum atomic E-state index is 13.2. The average Bonchev–Trinajstić information content (AvgIpc) is 3.23. The van der Waals surface area contributed by atoms with Crippen LogP contribution in [0, 0.1) is 0 Å². The fourth-order valence-electron chi connectivity index (χ4n) is 3.63. The first-order valence-corrected chi connectivity index (χ1v) is 11.3. The predicted molar refractivity (Wildman–Crippen MR) is 128 cm³/mol. The SMILES string of the molecule is CCN(CC)CCCC(C)NC(=O)c1cc(-c2ccccc2)nn1-c1cccc(Cl)c1. The summed E-state index contributed by atoms with van der Waals surface area (Å²) in [4.78, 5) is 15.6. The van der Waals surface area contributed by atoms with Crippen LogP contribution in [0.3, 0.4) is 0 Å². The molecule has 164 valence electrons. The third-order valence-corrected chi connectivity index (χ3v) is 5.68. The molecule has 0 bridgehead atoms. The number of amides is 1. The smallest absolute Gasteiger partial charge is 0.270 e. The molecule has 1 unspecified atom stereocenters. The van der Waals surface area contributed by atoms with Crippen LogP contribution in [0.25, 0.3) is 16.9 Å². The summed E-state index contributed by atoms with van der Waals surface area (Å²) >= 11 is 6.20. The lowest BCUT2D eigenvalue weighted by molar-refractivity contribution is 0.0929. The van der Waals surface area contributed by atoms with E-state index < -0.39 is 0 Å². The lowest BCUT2D eigenvalue weighted by atomic mass is 10.1. The van der Waals surface area contributed by atoms with Gasteiger partial charge in [0.25, 0.3) is 5.91 Å². The predicted octanol–water partition coefficient (Wildman–Crippen LogP) is 5.43. The number of hydrogen-bond acceptors (Lipinski definition) is 3. The van der Waals surface area contributed by atoms with E-state index in [4.69, 9.17) is 16.7 Å². The Bertz CT molecular complexity index is 982. The summed E-state index contributed by atoms with van der Waals surface area (Å²) < 4.78 is 1.67. The second-order valence-corrected chi connectivity index (χ2v) is 8.15. The van der Waals surface area contributed by atoms with E-state index in [1.807, 2.05) is 60.7 Å². The van der Waals surface area contributed by atoms with E-state index in [1.165, 1.54) is 0 Å². The zero-order valence-electron chi connectivity index (χ0n) is 18.5. The topological polar surface area (TPSA) is 50.2 Å². The van der Waals surface area contributed by atoms with Gasteiger partial charge in [0.15, 0.2) is 0 Å². The largest absolute Gasteiger partial charge is 0.348 e. The summed E-state index contributed by atoms with van der Waals surface area (Å²) in [5.74, 6) is -0.134. The maximum absolute atomic E-state index is 13.2. The Morgan fingerprint density at radius 1 is 1.10 bits per heavy atom. The molecule has 0 aliphatic carbocycles. The number of rotatable bonds is 10. The summed E-state index contributed by atoms with van der Waals surface area (Å²) in [5, 5.41) is 8.46. The summed E-state index contributed by atoms with van der Waals surface area (Å²) in [6.45, 7) is 9.56. The van der Waals surface area contributed by atoms with E-state index in [2.05, 4.69) is 31.0 Å². The van der Waals surface area contributed by atoms with Crippen molar-refractivity contribution in [1.29, 1.82) is 0 Å². The van der Waals surface area contributed by atoms with Gasteiger partial charge < -0.3 is 10.2 Å². The highest BCUT2D eigenvalue weighted by molar-refractivity contribution is 6.30. The molecule has 0 fully saturated rings. The molecule has 0 aliphatic heterocycles. The summed E-state index contributed by atoms with van der Waals surface area (Å²) in [5.41, 5.74) is 2.97. The fraction of sp³-hybridized carbons (Fsp3) is 0.360. The van der Waals surface area contributed by atoms with Gasteiger partial charge >= 0.3 is 0 Å². The van der Waals surface area contributed by atoms with Crippen LogP contribution in [-0.2, 0) is 0 Å². The molecular formula is C25H31ClN4O. The Hall–Kier alpha value is -2.63. The second-order valence-electron chi connectivity index (χ2n) is 7.72. The Morgan fingerprint density at radius 3 is 2.52 bits per heavy atom. The van der Waals surface area contributed by atoms with Crippen LogP contribution in [0.4, 0.5) is 0 Å². The third-order valence-electron chi connectivity index (χ3n) is 5.45. The zero-order chi connectivity index (χ0) is 22.2. The minimum Gasteiger partial charge on any atom is -0.348 e. The molecule has 0 aliphatic rings. The van der Waals surface area contributed by atoms with Crippen LogP contribution in [0.1, 0.15) is 44.1 Å². The molecule has 31 heavy (non-hydrogen) atoms. The van der Waals surface area contributed by atoms with Crippen molar-refractivity contribution in [3.8, 4) is 16.9 Å². The van der Waals surface area contributed by atoms with E-state index in [0.717, 1.165) is 49.4 Å². The van der Waals surface area contributed by atoms with E-state index in [1.54, 1.807) is 4.68 Å². The van der Waals surface area contributed by atoms with Crippen LogP contribution in [-0.4, -0.2) is 46.3 Å². The molecule has 1 amide bonds. The number of nitrogens with zero attached hydrogens (tertiary/aromatic N) is 3. The van der Waals surface area contributed by atoms with Crippen LogP contribution < -0.4 is 5.32 Å². The Kier molecular flexibility index (Phi) is 8.27. The first kappa shape index (κ1) is 23.0. The number of aromatic nitrogens is 2. The highest BCUT2D eigenvalue weighted by atomic mass is 35.5. The number of carbonyl (C=O) groups is 1. The maximum Gasteiger partial charge on any atom is 0.270 e. The van der Waals surface area contributed by atoms with Gasteiger partial charge in [-0.25, -0.2) is 4.68 Å². The first-order chi connectivity index (χ1) is 15.0. The molecule has 6 heteroatoms. The molecule has 0 spiro atoms. The molecule has 1 aromatic heterocycles. The van der Waals surface area contributed by atoms with Crippen molar-refractivity contribution < 1.29 is 4.79 Å². The molecular weight excluding hydrogens is 408 g/mol. The minimum atomic E-state index is -0.134. The van der Waals surface area contributed by atoms with Gasteiger partial charge in [0.05, 0.1) is 11.4 Å². The van der Waals surface area contributed by atoms with Crippen LogP contribution in [0.5, 0.6) is 0 Å². The van der Waals surface area contributed by atoms with Crippen molar-refractivity contribution >= 4 is 17.5 Å². The van der Waals surface area contributed by atoms with Crippen molar-refractivity contribution in [1.82, 2.24) is 20.0 Å². The van der Waals surface area contributed by atoms with E-state index in [9.17, 15) is 4.79 Å². The number of nitrogens with one attached hydrogen (secondary N) is 1. The molecule has 1 heterocycles. The number of carbonyl (C=O) groups excluding carboxylic acids is 1. The van der Waals surface area contributed by atoms with Crippen molar-refractivity contribution in [2.45, 2.75) is 39.7 Å². The number of hydrogen-bond donors (Lipinski definition) is 1. The monoisotopic (exact) mass is 438 g/mol. The summed E-state index contributed by atoms with van der Waals surface area (Å²) in [6, 6.07) is 19.2. The van der Waals surface area contributed by atoms with Gasteiger partial charge in [-0.15, -0.1) is 0 Å². The number of benzene rings is 2. The van der Waals surface area contributed by atoms with Crippen LogP contribution >= 0.6 is 11.6 Å². The second kappa shape index (κ2) is 11.1. The Labute approximate surface area is 190 Å². The molecule has 1 atom stereocenters. The first-order valence-electron chi connectivity index (χ1n) is 11.0. The summed E-state index contributed by atoms with van der Waals surface area (Å²) in [6.07, 6.45) is 1.98. The average molecular weight is 439 g/mol. The highest BCUT2D eigenvalue weighted by Gasteiger charge is 2.19. The zero-order valence-corrected chi connectivity index (χ0v) is 19.3. The van der Waals surface area contributed by atoms with Crippen molar-refractivity contribution in [2.24, 2.45) is 0 Å². The van der Waals surface area contributed by atoms with E-state index in [0.29, 0.717) is 10.7 Å². The third kappa shape index (κ3) is 6.18. The van der Waals surface area contributed by atoms with Gasteiger partial charge in [-0.1, -0.05) is 61.8 Å². The molecule has 3 aromatic rings. The van der Waals surface area contributed by atoms with Crippen molar-refractivity contribution in [3.63, 3.8) is 0 Å². The van der Waals surface area contributed by atoms with Crippen LogP contribution in [0.15, 0.2) is 60.7 Å². The molecule has 3 rings (SSSR count). The van der Waals surface area contributed by atoms with Gasteiger partial charge in [0.1, 0.15) is 5.69 Å². The Balaban J connectivity index is 1.80. The van der Waals surface area contributed by atoms with Gasteiger partial charge in [0.2, 0.25) is 0 Å². The normalized spacial score (nSPS) is 12.2. The van der Waals surface area contributed by atoms with Gasteiger partial charge in [-0.05, 0) is 63.7 Å². The minimum absolute atomic E-state index is 0.0750. The highest BCUT2D eigenvalue weighted by Crippen LogP contribution is 2.23. The van der Waals surface area contributed by atoms with Crippen molar-refractivity contribution in [3.05, 3.63) is 71.4 Å². The van der Waals surface area contributed by atoms with Gasteiger partial charge in [0, 0.05) is 16.6 Å². The molecule has 5 nitrogen and oxygen atoms in total. The standard InChI is InChI=1S/C25H31ClN4O/c1-4-29(5-2)16-10-11-19(3)27-25(31)24-18-23(20-12-7-6-8-13-20)28-30(24)22-15-9-14-21(26)17-22/h6-9,12-15,17-19H,4-5,10-11,16H2,1-3H3,(H,27,31). The van der Waals surface area contributed by atoms with Crippen LogP contribution in [0.2, 0.25) is 5.02 Å². The lowest BCUT2D eigenvalue weighted by Gasteiger charge is -2.20. The fourth-order valence-corrected chi connectivity index (χ4v) is 3.81. The quantitative estimate of drug-likeness (QED) is 0.459. The Morgan fingerprint density at radius 2 is 1.84 bits per heavy atom. The van der Waals surface area contributed by atoms with E-state index in [-0.39, 0.29) is 11.9 Å². The molecule has 0 radical (unpaired) electrons. The van der Waals surface area contributed by atoms with Gasteiger partial charge in [-0.3, -0.25) is 4.79 Å².